The third-order valence-corrected chi connectivity index (χ3v) is 7.63. The van der Waals surface area contributed by atoms with Crippen molar-refractivity contribution >= 4 is 27.7 Å². The number of nitrogens with zero attached hydrogens (tertiary/aromatic N) is 2. The first-order valence-corrected chi connectivity index (χ1v) is 12.1. The summed E-state index contributed by atoms with van der Waals surface area (Å²) < 4.78 is 26.7. The zero-order valence-corrected chi connectivity index (χ0v) is 17.7. The molecule has 2 aromatic carbocycles. The summed E-state index contributed by atoms with van der Waals surface area (Å²) in [4.78, 5) is 14.2. The molecule has 0 radical (unpaired) electrons. The Morgan fingerprint density at radius 3 is 2.21 bits per heavy atom. The van der Waals surface area contributed by atoms with Crippen LogP contribution in [0.1, 0.15) is 16.7 Å². The van der Waals surface area contributed by atoms with Crippen molar-refractivity contribution in [3.8, 4) is 0 Å². The van der Waals surface area contributed by atoms with Crippen LogP contribution in [0, 0.1) is 6.92 Å². The van der Waals surface area contributed by atoms with Crippen molar-refractivity contribution in [2.45, 2.75) is 18.4 Å². The standard InChI is InChI=1S/C21H26N2O3S2/c1-18-7-9-19(10-8-18)15-27-16-21(24)22-11-13-23(14-12-22)28(25,26)17-20-5-3-2-4-6-20/h2-10H,11-17H2,1H3. The highest BCUT2D eigenvalue weighted by molar-refractivity contribution is 7.99. The molecule has 1 heterocycles. The molecular formula is C21H26N2O3S2. The van der Waals surface area contributed by atoms with Gasteiger partial charge in [-0.15, -0.1) is 11.8 Å². The topological polar surface area (TPSA) is 57.7 Å². The summed E-state index contributed by atoms with van der Waals surface area (Å²) in [5.41, 5.74) is 3.22. The number of thioether (sulfide) groups is 1. The van der Waals surface area contributed by atoms with Gasteiger partial charge in [-0.1, -0.05) is 60.2 Å². The smallest absolute Gasteiger partial charge is 0.232 e. The summed E-state index contributed by atoms with van der Waals surface area (Å²) in [5, 5.41) is 0. The minimum Gasteiger partial charge on any atom is -0.339 e. The van der Waals surface area contributed by atoms with E-state index in [1.807, 2.05) is 30.3 Å². The molecule has 28 heavy (non-hydrogen) atoms. The zero-order chi connectivity index (χ0) is 20.0. The van der Waals surface area contributed by atoms with Crippen molar-refractivity contribution in [2.24, 2.45) is 0 Å². The highest BCUT2D eigenvalue weighted by Gasteiger charge is 2.28. The second-order valence-corrected chi connectivity index (χ2v) is 9.95. The Balaban J connectivity index is 1.44. The number of benzene rings is 2. The van der Waals surface area contributed by atoms with Crippen molar-refractivity contribution in [3.05, 3.63) is 71.3 Å². The normalized spacial score (nSPS) is 15.5. The first-order chi connectivity index (χ1) is 13.4. The highest BCUT2D eigenvalue weighted by Crippen LogP contribution is 2.16. The van der Waals surface area contributed by atoms with Crippen LogP contribution in [-0.4, -0.2) is 55.5 Å². The molecule has 0 unspecified atom stereocenters. The monoisotopic (exact) mass is 418 g/mol. The zero-order valence-electron chi connectivity index (χ0n) is 16.1. The van der Waals surface area contributed by atoms with Crippen molar-refractivity contribution in [1.29, 1.82) is 0 Å². The molecule has 0 atom stereocenters. The van der Waals surface area contributed by atoms with Gasteiger partial charge in [-0.2, -0.15) is 4.31 Å². The number of sulfonamides is 1. The summed E-state index contributed by atoms with van der Waals surface area (Å²) in [5.74, 6) is 1.31. The molecule has 0 N–H and O–H groups in total. The van der Waals surface area contributed by atoms with Crippen LogP contribution in [0.3, 0.4) is 0 Å². The molecule has 0 spiro atoms. The summed E-state index contributed by atoms with van der Waals surface area (Å²) in [6, 6.07) is 17.5. The lowest BCUT2D eigenvalue weighted by Crippen LogP contribution is -2.51. The van der Waals surface area contributed by atoms with Crippen LogP contribution in [0.15, 0.2) is 54.6 Å². The molecule has 150 valence electrons. The molecule has 0 aliphatic carbocycles. The van der Waals surface area contributed by atoms with E-state index in [9.17, 15) is 13.2 Å². The van der Waals surface area contributed by atoms with Gasteiger partial charge in [0.2, 0.25) is 15.9 Å². The van der Waals surface area contributed by atoms with E-state index in [0.717, 1.165) is 11.3 Å². The first kappa shape index (κ1) is 20.9. The Morgan fingerprint density at radius 1 is 0.929 bits per heavy atom. The highest BCUT2D eigenvalue weighted by atomic mass is 32.2. The third kappa shape index (κ3) is 5.83. The number of hydrogen-bond acceptors (Lipinski definition) is 4. The third-order valence-electron chi connectivity index (χ3n) is 4.79. The number of amides is 1. The maximum atomic E-state index is 12.6. The summed E-state index contributed by atoms with van der Waals surface area (Å²) >= 11 is 1.60. The van der Waals surface area contributed by atoms with Crippen molar-refractivity contribution in [1.82, 2.24) is 9.21 Å². The molecule has 1 saturated heterocycles. The molecule has 1 fully saturated rings. The van der Waals surface area contributed by atoms with Crippen molar-refractivity contribution in [3.63, 3.8) is 0 Å². The summed E-state index contributed by atoms with van der Waals surface area (Å²) in [6.45, 7) is 3.70. The number of carbonyl (C=O) groups is 1. The molecule has 0 saturated carbocycles. The van der Waals surface area contributed by atoms with E-state index in [1.165, 1.54) is 15.4 Å². The minimum absolute atomic E-state index is 0.00812. The number of hydrogen-bond donors (Lipinski definition) is 0. The van der Waals surface area contributed by atoms with E-state index in [1.54, 1.807) is 16.7 Å². The number of piperazine rings is 1. The SMILES string of the molecule is Cc1ccc(CSCC(=O)N2CCN(S(=O)(=O)Cc3ccccc3)CC2)cc1. The Hall–Kier alpha value is -1.83. The average molecular weight is 419 g/mol. The van der Waals surface area contributed by atoms with Gasteiger partial charge in [-0.25, -0.2) is 8.42 Å². The lowest BCUT2D eigenvalue weighted by Gasteiger charge is -2.34. The molecule has 0 aromatic heterocycles. The van der Waals surface area contributed by atoms with Gasteiger partial charge in [0.05, 0.1) is 11.5 Å². The molecule has 5 nitrogen and oxygen atoms in total. The molecule has 3 rings (SSSR count). The second-order valence-electron chi connectivity index (χ2n) is 7.00. The second kappa shape index (κ2) is 9.58. The van der Waals surface area contributed by atoms with E-state index >= 15 is 0 Å². The summed E-state index contributed by atoms with van der Waals surface area (Å²) in [7, 11) is -3.35. The summed E-state index contributed by atoms with van der Waals surface area (Å²) in [6.07, 6.45) is 0. The molecule has 1 aliphatic rings. The fourth-order valence-electron chi connectivity index (χ4n) is 3.12. The van der Waals surface area contributed by atoms with Gasteiger partial charge in [0, 0.05) is 31.9 Å². The van der Waals surface area contributed by atoms with E-state index in [0.29, 0.717) is 31.9 Å². The van der Waals surface area contributed by atoms with E-state index in [4.69, 9.17) is 0 Å². The van der Waals surface area contributed by atoms with Crippen LogP contribution >= 0.6 is 11.8 Å². The molecule has 1 amide bonds. The van der Waals surface area contributed by atoms with Gasteiger partial charge in [0.1, 0.15) is 0 Å². The number of aryl methyl sites for hydroxylation is 1. The van der Waals surface area contributed by atoms with Gasteiger partial charge >= 0.3 is 0 Å². The predicted octanol–water partition coefficient (Wildman–Crippen LogP) is 2.90. The molecular weight excluding hydrogens is 392 g/mol. The predicted molar refractivity (Wildman–Crippen MR) is 115 cm³/mol. The van der Waals surface area contributed by atoms with Crippen LogP contribution in [0.5, 0.6) is 0 Å². The van der Waals surface area contributed by atoms with Crippen molar-refractivity contribution < 1.29 is 13.2 Å². The number of carbonyl (C=O) groups excluding carboxylic acids is 1. The van der Waals surface area contributed by atoms with Crippen LogP contribution < -0.4 is 0 Å². The lowest BCUT2D eigenvalue weighted by atomic mass is 10.2. The van der Waals surface area contributed by atoms with Crippen LogP contribution in [0.25, 0.3) is 0 Å². The average Bonchev–Trinajstić information content (AvgIpc) is 2.70. The van der Waals surface area contributed by atoms with Crippen LogP contribution in [0.4, 0.5) is 0 Å². The first-order valence-electron chi connectivity index (χ1n) is 9.37. The molecule has 1 aliphatic heterocycles. The largest absolute Gasteiger partial charge is 0.339 e. The van der Waals surface area contributed by atoms with E-state index in [-0.39, 0.29) is 11.7 Å². The fraction of sp³-hybridized carbons (Fsp3) is 0.381. The maximum absolute atomic E-state index is 12.6. The van der Waals surface area contributed by atoms with Gasteiger partial charge < -0.3 is 4.90 Å². The Bertz CT molecular complexity index is 876. The van der Waals surface area contributed by atoms with E-state index < -0.39 is 10.0 Å². The molecule has 7 heteroatoms. The number of rotatable bonds is 7. The van der Waals surface area contributed by atoms with Crippen molar-refractivity contribution in [2.75, 3.05) is 31.9 Å². The lowest BCUT2D eigenvalue weighted by molar-refractivity contribution is -0.129. The Morgan fingerprint density at radius 2 is 1.57 bits per heavy atom. The fourth-order valence-corrected chi connectivity index (χ4v) is 5.53. The molecule has 2 aromatic rings. The van der Waals surface area contributed by atoms with Crippen LogP contribution in [0.2, 0.25) is 0 Å². The van der Waals surface area contributed by atoms with Gasteiger partial charge in [0.15, 0.2) is 0 Å². The Kier molecular flexibility index (Phi) is 7.15. The Labute approximate surface area is 171 Å². The minimum atomic E-state index is -3.35. The van der Waals surface area contributed by atoms with Gasteiger partial charge in [-0.05, 0) is 18.1 Å². The maximum Gasteiger partial charge on any atom is 0.232 e. The van der Waals surface area contributed by atoms with Gasteiger partial charge in [-0.3, -0.25) is 4.79 Å². The molecule has 0 bridgehead atoms. The van der Waals surface area contributed by atoms with Crippen LogP contribution in [-0.2, 0) is 26.3 Å². The quantitative estimate of drug-likeness (QED) is 0.694. The van der Waals surface area contributed by atoms with Gasteiger partial charge in [0.25, 0.3) is 0 Å². The van der Waals surface area contributed by atoms with E-state index in [2.05, 4.69) is 31.2 Å².